The van der Waals surface area contributed by atoms with Crippen LogP contribution in [0.5, 0.6) is 0 Å². The number of primary amides is 1. The highest BCUT2D eigenvalue weighted by atomic mass is 35.5. The van der Waals surface area contributed by atoms with Crippen LogP contribution < -0.4 is 16.9 Å². The predicted molar refractivity (Wildman–Crippen MR) is 92.8 cm³/mol. The fourth-order valence-corrected chi connectivity index (χ4v) is 3.16. The molecule has 3 amide bonds. The van der Waals surface area contributed by atoms with E-state index in [2.05, 4.69) is 15.5 Å². The zero-order valence-electron chi connectivity index (χ0n) is 13.1. The topological polar surface area (TPSA) is 129 Å². The van der Waals surface area contributed by atoms with Gasteiger partial charge in [0.15, 0.2) is 5.82 Å². The Labute approximate surface area is 147 Å². The molecule has 0 bridgehead atoms. The van der Waals surface area contributed by atoms with E-state index >= 15 is 0 Å². The second-order valence-corrected chi connectivity index (χ2v) is 6.81. The minimum atomic E-state index is -0.905. The first kappa shape index (κ1) is 18.1. The molecule has 0 saturated heterocycles. The van der Waals surface area contributed by atoms with Crippen molar-refractivity contribution >= 4 is 35.3 Å². The maximum absolute atomic E-state index is 12.1. The first-order valence-corrected chi connectivity index (χ1v) is 8.29. The molecule has 0 saturated carbocycles. The van der Waals surface area contributed by atoms with Crippen LogP contribution in [0.2, 0.25) is 5.02 Å². The molecule has 0 spiro atoms. The number of hydrogen-bond donors (Lipinski definition) is 3. The fourth-order valence-electron chi connectivity index (χ4n) is 1.98. The number of nitrogens with two attached hydrogens (primary N) is 2. The van der Waals surface area contributed by atoms with Crippen molar-refractivity contribution in [2.45, 2.75) is 24.3 Å². The summed E-state index contributed by atoms with van der Waals surface area (Å²) < 4.78 is 1.26. The summed E-state index contributed by atoms with van der Waals surface area (Å²) in [6.45, 7) is 3.68. The van der Waals surface area contributed by atoms with E-state index in [4.69, 9.17) is 23.2 Å². The summed E-state index contributed by atoms with van der Waals surface area (Å²) in [6, 6.07) is 6.18. The Morgan fingerprint density at radius 1 is 1.29 bits per heavy atom. The second kappa shape index (κ2) is 7.54. The van der Waals surface area contributed by atoms with Crippen LogP contribution in [0.3, 0.4) is 0 Å². The molecule has 0 aliphatic carbocycles. The maximum Gasteiger partial charge on any atom is 0.318 e. The number of nitrogens with one attached hydrogen (secondary N) is 1. The SMILES string of the molecule is CC(C)[C@H](Sc1nnc(-c2ccccc2Cl)n1N)C(=O)NC(N)=O. The molecule has 5 N–H and O–H groups in total. The smallest absolute Gasteiger partial charge is 0.318 e. The number of carbonyl (C=O) groups excluding carboxylic acids is 2. The Morgan fingerprint density at radius 2 is 1.96 bits per heavy atom. The van der Waals surface area contributed by atoms with Crippen molar-refractivity contribution in [2.24, 2.45) is 11.7 Å². The number of amides is 3. The van der Waals surface area contributed by atoms with Crippen LogP contribution in [0.15, 0.2) is 29.4 Å². The van der Waals surface area contributed by atoms with Gasteiger partial charge in [-0.25, -0.2) is 9.47 Å². The van der Waals surface area contributed by atoms with Gasteiger partial charge < -0.3 is 11.6 Å². The van der Waals surface area contributed by atoms with E-state index < -0.39 is 17.2 Å². The van der Waals surface area contributed by atoms with Gasteiger partial charge >= 0.3 is 6.03 Å². The van der Waals surface area contributed by atoms with Crippen molar-refractivity contribution in [3.8, 4) is 11.4 Å². The van der Waals surface area contributed by atoms with E-state index in [0.29, 0.717) is 21.6 Å². The van der Waals surface area contributed by atoms with Gasteiger partial charge in [0, 0.05) is 5.56 Å². The third kappa shape index (κ3) is 3.98. The Hall–Kier alpha value is -2.26. The summed E-state index contributed by atoms with van der Waals surface area (Å²) in [6.07, 6.45) is 0. The quantitative estimate of drug-likeness (QED) is 0.543. The van der Waals surface area contributed by atoms with Gasteiger partial charge in [0.1, 0.15) is 0 Å². The summed E-state index contributed by atoms with van der Waals surface area (Å²) in [5, 5.41) is 10.3. The number of imide groups is 1. The Bertz CT molecular complexity index is 763. The number of nitrogen functional groups attached to an aromatic ring is 1. The first-order chi connectivity index (χ1) is 11.3. The summed E-state index contributed by atoms with van der Waals surface area (Å²) >= 11 is 7.24. The summed E-state index contributed by atoms with van der Waals surface area (Å²) in [5.74, 6) is 5.82. The Morgan fingerprint density at radius 3 is 2.54 bits per heavy atom. The fraction of sp³-hybridized carbons (Fsp3) is 0.286. The molecule has 2 rings (SSSR count). The average molecular weight is 369 g/mol. The lowest BCUT2D eigenvalue weighted by Crippen LogP contribution is -2.42. The van der Waals surface area contributed by atoms with Crippen LogP contribution in [0.4, 0.5) is 4.79 Å². The molecule has 1 aromatic heterocycles. The number of urea groups is 1. The lowest BCUT2D eigenvalue weighted by atomic mass is 10.1. The number of hydrogen-bond acceptors (Lipinski definition) is 6. The molecule has 1 aromatic carbocycles. The molecule has 24 heavy (non-hydrogen) atoms. The van der Waals surface area contributed by atoms with Crippen LogP contribution >= 0.6 is 23.4 Å². The van der Waals surface area contributed by atoms with E-state index in [9.17, 15) is 9.59 Å². The number of carbonyl (C=O) groups is 2. The molecule has 0 aliphatic heterocycles. The maximum atomic E-state index is 12.1. The zero-order chi connectivity index (χ0) is 17.9. The molecular weight excluding hydrogens is 352 g/mol. The number of thioether (sulfide) groups is 1. The highest BCUT2D eigenvalue weighted by Crippen LogP contribution is 2.31. The monoisotopic (exact) mass is 368 g/mol. The van der Waals surface area contributed by atoms with E-state index in [1.54, 1.807) is 24.3 Å². The summed E-state index contributed by atoms with van der Waals surface area (Å²) in [7, 11) is 0. The van der Waals surface area contributed by atoms with Crippen LogP contribution in [-0.2, 0) is 4.79 Å². The number of benzene rings is 1. The van der Waals surface area contributed by atoms with Gasteiger partial charge in [0.05, 0.1) is 10.3 Å². The van der Waals surface area contributed by atoms with Gasteiger partial charge in [-0.2, -0.15) is 0 Å². The Balaban J connectivity index is 2.28. The van der Waals surface area contributed by atoms with Crippen molar-refractivity contribution in [3.05, 3.63) is 29.3 Å². The van der Waals surface area contributed by atoms with Gasteiger partial charge in [-0.05, 0) is 18.1 Å². The van der Waals surface area contributed by atoms with Crippen LogP contribution in [0.1, 0.15) is 13.8 Å². The first-order valence-electron chi connectivity index (χ1n) is 7.03. The lowest BCUT2D eigenvalue weighted by Gasteiger charge is -2.17. The molecule has 8 nitrogen and oxygen atoms in total. The molecule has 0 aliphatic rings. The van der Waals surface area contributed by atoms with Crippen LogP contribution in [0, 0.1) is 5.92 Å². The van der Waals surface area contributed by atoms with E-state index in [1.165, 1.54) is 4.68 Å². The average Bonchev–Trinajstić information content (AvgIpc) is 2.85. The van der Waals surface area contributed by atoms with Crippen LogP contribution in [-0.4, -0.2) is 32.1 Å². The van der Waals surface area contributed by atoms with E-state index in [-0.39, 0.29) is 5.92 Å². The molecule has 1 heterocycles. The minimum absolute atomic E-state index is 0.0881. The standard InChI is InChI=1S/C14H17ClN6O2S/c1-7(2)10(12(22)18-13(16)23)24-14-20-19-11(21(14)17)8-5-3-4-6-9(8)15/h3-7,10H,17H2,1-2H3,(H3,16,18,22,23)/t10-/m0/s1. The minimum Gasteiger partial charge on any atom is -0.351 e. The van der Waals surface area contributed by atoms with Crippen molar-refractivity contribution in [2.75, 3.05) is 5.84 Å². The van der Waals surface area contributed by atoms with Crippen molar-refractivity contribution in [1.82, 2.24) is 20.2 Å². The van der Waals surface area contributed by atoms with Gasteiger partial charge in [-0.1, -0.05) is 49.3 Å². The highest BCUT2D eigenvalue weighted by Gasteiger charge is 2.27. The Kier molecular flexibility index (Phi) is 5.68. The van der Waals surface area contributed by atoms with Crippen molar-refractivity contribution in [3.63, 3.8) is 0 Å². The third-order valence-corrected chi connectivity index (χ3v) is 4.95. The number of halogens is 1. The molecule has 2 aromatic rings. The number of nitrogens with zero attached hydrogens (tertiary/aromatic N) is 3. The van der Waals surface area contributed by atoms with Gasteiger partial charge in [-0.3, -0.25) is 10.1 Å². The molecule has 1 atom stereocenters. The lowest BCUT2D eigenvalue weighted by molar-refractivity contribution is -0.120. The number of aromatic nitrogens is 3. The molecule has 128 valence electrons. The van der Waals surface area contributed by atoms with Crippen LogP contribution in [0.25, 0.3) is 11.4 Å². The van der Waals surface area contributed by atoms with Gasteiger partial charge in [0.25, 0.3) is 0 Å². The third-order valence-electron chi connectivity index (χ3n) is 3.12. The molecule has 0 unspecified atom stereocenters. The van der Waals surface area contributed by atoms with Crippen molar-refractivity contribution in [1.29, 1.82) is 0 Å². The largest absolute Gasteiger partial charge is 0.351 e. The predicted octanol–water partition coefficient (Wildman–Crippen LogP) is 1.62. The zero-order valence-corrected chi connectivity index (χ0v) is 14.6. The highest BCUT2D eigenvalue weighted by molar-refractivity contribution is 8.00. The number of rotatable bonds is 5. The van der Waals surface area contributed by atoms with E-state index in [0.717, 1.165) is 11.8 Å². The molecular formula is C14H17ClN6O2S. The van der Waals surface area contributed by atoms with E-state index in [1.807, 2.05) is 13.8 Å². The molecule has 0 radical (unpaired) electrons. The summed E-state index contributed by atoms with van der Waals surface area (Å²) in [5.41, 5.74) is 5.63. The summed E-state index contributed by atoms with van der Waals surface area (Å²) in [4.78, 5) is 23.0. The molecule has 10 heteroatoms. The second-order valence-electron chi connectivity index (χ2n) is 5.29. The molecule has 0 fully saturated rings. The van der Waals surface area contributed by atoms with Gasteiger partial charge in [-0.15, -0.1) is 10.2 Å². The van der Waals surface area contributed by atoms with Gasteiger partial charge in [0.2, 0.25) is 11.1 Å². The van der Waals surface area contributed by atoms with Crippen molar-refractivity contribution < 1.29 is 9.59 Å². The normalized spacial score (nSPS) is 12.2.